The lowest BCUT2D eigenvalue weighted by Gasteiger charge is -3.69. The van der Waals surface area contributed by atoms with Crippen LogP contribution in [0.5, 0.6) is 0 Å². The molecule has 0 nitrogen and oxygen atoms in total. The third-order valence-corrected chi connectivity index (χ3v) is 62.6. The summed E-state index contributed by atoms with van der Waals surface area (Å²) in [6, 6.07) is 0. The molecular weight excluding hydrogens is 841 g/mol. The Labute approximate surface area is 396 Å². The highest BCUT2D eigenvalue weighted by Crippen LogP contribution is 3.74. The van der Waals surface area contributed by atoms with Gasteiger partial charge in [0.2, 0.25) is 0 Å². The lowest BCUT2D eigenvalue weighted by molar-refractivity contribution is -1.25. The Morgan fingerprint density at radius 3 is 0.500 bits per heavy atom. The Kier molecular flexibility index (Phi) is 1.08. The number of fused-ring (bicyclic) bond motifs is 26. The highest BCUT2D eigenvalue weighted by molar-refractivity contribution is 6.17. The molecule has 318 valence electrons. The van der Waals surface area contributed by atoms with E-state index in [-0.39, 0.29) is 0 Å². The molecule has 52 aliphatic rings. The summed E-state index contributed by atoms with van der Waals surface area (Å²) in [6.45, 7) is 0. The minimum Gasteiger partial charge on any atom is -0.0458 e. The van der Waals surface area contributed by atoms with Crippen molar-refractivity contribution in [1.29, 1.82) is 0 Å². The summed E-state index contributed by atoms with van der Waals surface area (Å²) in [5.41, 5.74) is 40.9. The average Bonchev–Trinajstić information content (AvgIpc) is 0.428. The van der Waals surface area contributed by atoms with Crippen LogP contribution in [-0.2, 0) is 0 Å². The molecule has 52 fully saturated rings. The molecule has 36 spiro atoms. The maximum atomic E-state index is 1.86. The minimum atomic E-state index is 1.11. The van der Waals surface area contributed by atoms with Crippen molar-refractivity contribution in [1.82, 2.24) is 0 Å². The Morgan fingerprint density at radius 1 is 0.129 bits per heavy atom. The molecule has 0 bridgehead atoms. The number of hydrogen-bond donors (Lipinski definition) is 0. The van der Waals surface area contributed by atoms with E-state index in [2.05, 4.69) is 0 Å². The fourth-order valence-electron chi connectivity index (χ4n) is 80.9. The van der Waals surface area contributed by atoms with Gasteiger partial charge in [-0.2, -0.15) is 0 Å². The van der Waals surface area contributed by atoms with Crippen molar-refractivity contribution in [3.05, 3.63) is 0 Å². The first-order valence-electron chi connectivity index (χ1n) is 34.8. The van der Waals surface area contributed by atoms with E-state index < -0.39 is 0 Å². The first-order chi connectivity index (χ1) is 34.8. The molecule has 70 heavy (non-hydrogen) atoms. The summed E-state index contributed by atoms with van der Waals surface area (Å²) < 4.78 is 0. The molecule has 0 aromatic heterocycles. The van der Waals surface area contributed by atoms with Crippen LogP contribution in [0.25, 0.3) is 0 Å². The van der Waals surface area contributed by atoms with Gasteiger partial charge in [0.1, 0.15) is 0 Å². The van der Waals surface area contributed by atoms with E-state index in [4.69, 9.17) is 0 Å². The molecular formula is C70H38. The molecule has 0 heteroatoms. The van der Waals surface area contributed by atoms with Crippen LogP contribution in [0.2, 0.25) is 0 Å². The standard InChI is InChI=1S/C70H38/c1-5-13-6-2-10-16-20-24-29-33-34-30-26-22-18-12-4-8-14-7-3-11-17-21-25-28-32-31-27-23-19-15-9(1)35(5)39(13)36(6,10)42(16)46(20)50(24)54(29)59(33)60(34)56(30)52(26)48(22)44(18)38(8,12)40(14)37(7,11)43(17)47(21)51(25)55(28)58(32)57(31)53(27)49(23)45(19)41(15,35)61(39,42)63(45,46)65(49,50)67(53,54)69(57,59)70(58,60)68(55,56)66(51,52)64(47,48)62(40,43)44/h5-34H,1-4H2. The zero-order valence-corrected chi connectivity index (χ0v) is 38.1. The minimum absolute atomic E-state index is 1.11. The van der Waals surface area contributed by atoms with Crippen LogP contribution in [0.15, 0.2) is 0 Å². The van der Waals surface area contributed by atoms with Gasteiger partial charge in [0, 0.05) is 0 Å². The summed E-state index contributed by atoms with van der Waals surface area (Å²) in [5.74, 6) is 42.6. The van der Waals surface area contributed by atoms with Crippen LogP contribution >= 0.6 is 0 Å². The Morgan fingerprint density at radius 2 is 0.286 bits per heavy atom. The van der Waals surface area contributed by atoms with Gasteiger partial charge in [0.15, 0.2) is 0 Å². The van der Waals surface area contributed by atoms with Crippen LogP contribution in [0.4, 0.5) is 0 Å². The molecule has 52 atom stereocenters. The smallest absolute Gasteiger partial charge is 0.000715 e. The maximum Gasteiger partial charge on any atom is -0.000715 e. The van der Waals surface area contributed by atoms with E-state index in [0.29, 0.717) is 0 Å². The van der Waals surface area contributed by atoms with Gasteiger partial charge in [0.05, 0.1) is 0 Å². The summed E-state index contributed by atoms with van der Waals surface area (Å²) >= 11 is 0. The fraction of sp³-hybridized carbons (Fsp3) is 1.00. The fourth-order valence-corrected chi connectivity index (χ4v) is 80.9. The van der Waals surface area contributed by atoms with Gasteiger partial charge in [-0.1, -0.05) is 0 Å². The van der Waals surface area contributed by atoms with E-state index in [1.165, 1.54) is 178 Å². The molecule has 52 rings (SSSR count). The molecule has 0 aromatic rings. The van der Waals surface area contributed by atoms with Crippen molar-refractivity contribution in [2.45, 2.75) is 25.7 Å². The van der Waals surface area contributed by atoms with Gasteiger partial charge in [-0.3, -0.25) is 0 Å². The van der Waals surface area contributed by atoms with Crippen LogP contribution < -0.4 is 0 Å². The van der Waals surface area contributed by atoms with Gasteiger partial charge >= 0.3 is 0 Å². The molecule has 0 heterocycles. The predicted octanol–water partition coefficient (Wildman–Crippen LogP) is 5.25. The van der Waals surface area contributed by atoms with Gasteiger partial charge in [0.25, 0.3) is 0 Å². The van der Waals surface area contributed by atoms with Crippen molar-refractivity contribution >= 4 is 0 Å². The molecule has 0 saturated heterocycles. The molecule has 0 aliphatic heterocycles. The van der Waals surface area contributed by atoms with Gasteiger partial charge in [-0.15, -0.1) is 0 Å². The van der Waals surface area contributed by atoms with Crippen LogP contribution in [0.3, 0.4) is 0 Å². The second-order valence-corrected chi connectivity index (χ2v) is 46.1. The second-order valence-electron chi connectivity index (χ2n) is 46.1. The maximum absolute atomic E-state index is 1.86. The van der Waals surface area contributed by atoms with E-state index in [0.717, 1.165) is 195 Å². The summed E-state index contributed by atoms with van der Waals surface area (Å²) in [6.07, 6.45) is 7.46. The zero-order chi connectivity index (χ0) is 38.1. The van der Waals surface area contributed by atoms with E-state index >= 15 is 0 Å². The predicted molar refractivity (Wildman–Crippen MR) is 211 cm³/mol. The lowest BCUT2D eigenvalue weighted by Crippen LogP contribution is -3.69. The summed E-state index contributed by atoms with van der Waals surface area (Å²) in [4.78, 5) is 0. The Hall–Kier alpha value is 0. The van der Waals surface area contributed by atoms with E-state index in [9.17, 15) is 0 Å². The van der Waals surface area contributed by atoms with Gasteiger partial charge in [-0.25, -0.2) is 0 Å². The van der Waals surface area contributed by atoms with Crippen LogP contribution in [0, 0.1) is 372 Å². The van der Waals surface area contributed by atoms with E-state index in [1.54, 1.807) is 0 Å². The lowest BCUT2D eigenvalue weighted by atomic mass is 8.33. The molecule has 0 N–H and O–H groups in total. The Bertz CT molecular complexity index is 4540. The van der Waals surface area contributed by atoms with Gasteiger partial charge < -0.3 is 0 Å². The normalized spacial score (nSPS) is 146. The van der Waals surface area contributed by atoms with Crippen molar-refractivity contribution < 1.29 is 0 Å². The molecule has 0 aromatic carbocycles. The molecule has 52 unspecified atom stereocenters. The molecule has 0 amide bonds. The molecule has 52 aliphatic carbocycles. The highest BCUT2D eigenvalue weighted by Gasteiger charge is 3.73. The van der Waals surface area contributed by atoms with Crippen LogP contribution in [-0.4, -0.2) is 0 Å². The highest BCUT2D eigenvalue weighted by atomic mass is 15.8. The van der Waals surface area contributed by atoms with E-state index in [1.807, 2.05) is 25.7 Å². The number of rotatable bonds is 0. The van der Waals surface area contributed by atoms with Crippen LogP contribution in [0.1, 0.15) is 25.7 Å². The van der Waals surface area contributed by atoms with Crippen molar-refractivity contribution in [3.8, 4) is 0 Å². The third-order valence-electron chi connectivity index (χ3n) is 62.6. The van der Waals surface area contributed by atoms with Crippen molar-refractivity contribution in [2.75, 3.05) is 0 Å². The SMILES string of the molecule is C1C2C3C4CC5C6C7C8C9C%10C%11C%12C%13C%14C%15C%16CC%17C%18C%19CC%20C%21C%22C%23C%24C%25C%26C%27C%28C%29C%30C1C21C32C45C63C74C85C96C%107C%118C%129C%13%10C%14%11C%15%12C%17%16C%18%13C%19%20C%21%14C%22%15C%23%16C%24%17C%25%18C%26%19C%27%20C%28%21C%29%22C%301C23C%224C%215C%206C%197C%188C%179C%16%10C%15%11C%13%14%12. The first kappa shape index (κ1) is 22.8. The molecule has 52 saturated carbocycles. The molecule has 0 radical (unpaired) electrons. The van der Waals surface area contributed by atoms with Crippen molar-refractivity contribution in [3.63, 3.8) is 0 Å². The second kappa shape index (κ2) is 3.32. The average molecular weight is 879 g/mol. The quantitative estimate of drug-likeness (QED) is 0.313. The number of hydrogen-bond acceptors (Lipinski definition) is 0. The summed E-state index contributed by atoms with van der Waals surface area (Å²) in [7, 11) is 0. The largest absolute Gasteiger partial charge is 0.0458 e. The summed E-state index contributed by atoms with van der Waals surface area (Å²) in [5, 5.41) is 0. The monoisotopic (exact) mass is 878 g/mol. The topological polar surface area (TPSA) is 0 Å². The van der Waals surface area contributed by atoms with Crippen molar-refractivity contribution in [2.24, 2.45) is 372 Å². The zero-order valence-electron chi connectivity index (χ0n) is 38.1. The Balaban J connectivity index is 0.662. The van der Waals surface area contributed by atoms with Gasteiger partial charge in [-0.05, 0) is 398 Å². The third kappa shape index (κ3) is 0.462. The first-order valence-corrected chi connectivity index (χ1v) is 34.8.